The molecule has 0 aliphatic carbocycles. The van der Waals surface area contributed by atoms with Crippen LogP contribution >= 0.6 is 0 Å². The Morgan fingerprint density at radius 1 is 1.24 bits per heavy atom. The molecule has 7 heteroatoms. The fraction of sp³-hybridized carbons (Fsp3) is 0.364. The lowest BCUT2D eigenvalue weighted by Crippen LogP contribution is -2.48. The molecule has 2 aromatic rings. The van der Waals surface area contributed by atoms with Gasteiger partial charge in [0.25, 0.3) is 5.91 Å². The van der Waals surface area contributed by atoms with Crippen LogP contribution in [0.4, 0.5) is 0 Å². The zero-order chi connectivity index (χ0) is 20.4. The summed E-state index contributed by atoms with van der Waals surface area (Å²) in [7, 11) is 0. The molecule has 2 amide bonds. The first kappa shape index (κ1) is 19.3. The van der Waals surface area contributed by atoms with E-state index in [1.165, 1.54) is 16.7 Å². The Morgan fingerprint density at radius 3 is 2.86 bits per heavy atom. The van der Waals surface area contributed by atoms with Crippen molar-refractivity contribution < 1.29 is 14.0 Å². The summed E-state index contributed by atoms with van der Waals surface area (Å²) in [6.07, 6.45) is 6.15. The maximum atomic E-state index is 12.9. The van der Waals surface area contributed by atoms with Gasteiger partial charge in [-0.15, -0.1) is 0 Å². The van der Waals surface area contributed by atoms with E-state index in [9.17, 15) is 9.59 Å². The Hall–Kier alpha value is -3.06. The fourth-order valence-corrected chi connectivity index (χ4v) is 3.73. The van der Waals surface area contributed by atoms with Gasteiger partial charge >= 0.3 is 0 Å². The number of nitrogens with one attached hydrogen (secondary N) is 2. The van der Waals surface area contributed by atoms with Crippen molar-refractivity contribution in [1.29, 1.82) is 0 Å². The van der Waals surface area contributed by atoms with E-state index in [0.717, 1.165) is 0 Å². The summed E-state index contributed by atoms with van der Waals surface area (Å²) in [5.41, 5.74) is 7.11. The zero-order valence-electron chi connectivity index (χ0n) is 16.7. The lowest BCUT2D eigenvalue weighted by molar-refractivity contribution is -0.134. The Kier molecular flexibility index (Phi) is 5.40. The minimum atomic E-state index is -0.252. The lowest BCUT2D eigenvalue weighted by atomic mass is 9.97. The molecule has 4 rings (SSSR count). The zero-order valence-corrected chi connectivity index (χ0v) is 16.7. The predicted octanol–water partition coefficient (Wildman–Crippen LogP) is 2.54. The molecule has 2 aliphatic rings. The SMILES string of the molecule is Cc1ccc(C2CC3C(=O)N(CCC(=O)NCc4ccco4)C=CN3N2)cc1C. The van der Waals surface area contributed by atoms with Crippen molar-refractivity contribution in [2.75, 3.05) is 6.54 Å². The molecule has 1 saturated heterocycles. The van der Waals surface area contributed by atoms with Gasteiger partial charge in [-0.05, 0) is 49.1 Å². The van der Waals surface area contributed by atoms with Gasteiger partial charge < -0.3 is 19.6 Å². The summed E-state index contributed by atoms with van der Waals surface area (Å²) in [4.78, 5) is 26.6. The molecule has 2 N–H and O–H groups in total. The Balaban J connectivity index is 1.31. The van der Waals surface area contributed by atoms with Crippen LogP contribution < -0.4 is 10.7 Å². The van der Waals surface area contributed by atoms with Gasteiger partial charge in [-0.3, -0.25) is 9.59 Å². The van der Waals surface area contributed by atoms with Crippen LogP contribution in [-0.2, 0) is 16.1 Å². The van der Waals surface area contributed by atoms with E-state index in [-0.39, 0.29) is 30.3 Å². The molecule has 0 saturated carbocycles. The number of benzene rings is 1. The largest absolute Gasteiger partial charge is 0.467 e. The number of hydrogen-bond acceptors (Lipinski definition) is 5. The molecule has 3 heterocycles. The van der Waals surface area contributed by atoms with E-state index in [1.807, 2.05) is 17.3 Å². The van der Waals surface area contributed by atoms with Crippen LogP contribution in [0.25, 0.3) is 0 Å². The Labute approximate surface area is 170 Å². The van der Waals surface area contributed by atoms with Gasteiger partial charge in [-0.25, -0.2) is 5.43 Å². The number of nitrogens with zero attached hydrogens (tertiary/aromatic N) is 2. The standard InChI is InChI=1S/C22H26N4O3/c1-15-5-6-17(12-16(15)2)19-13-20-22(28)25(9-10-26(20)24-19)8-7-21(27)23-14-18-4-3-11-29-18/h3-6,9-12,19-20,24H,7-8,13-14H2,1-2H3,(H,23,27). The van der Waals surface area contributed by atoms with E-state index in [2.05, 4.69) is 42.8 Å². The number of aryl methyl sites for hydroxylation is 2. The summed E-state index contributed by atoms with van der Waals surface area (Å²) >= 11 is 0. The molecular weight excluding hydrogens is 368 g/mol. The number of amides is 2. The Bertz CT molecular complexity index is 922. The molecule has 2 unspecified atom stereocenters. The summed E-state index contributed by atoms with van der Waals surface area (Å²) in [6, 6.07) is 9.86. The first-order chi connectivity index (χ1) is 14.0. The maximum Gasteiger partial charge on any atom is 0.250 e. The van der Waals surface area contributed by atoms with Crippen molar-refractivity contribution in [1.82, 2.24) is 20.7 Å². The second kappa shape index (κ2) is 8.13. The molecule has 152 valence electrons. The number of furan rings is 1. The summed E-state index contributed by atoms with van der Waals surface area (Å²) in [5, 5.41) is 4.69. The van der Waals surface area contributed by atoms with Crippen molar-refractivity contribution >= 4 is 11.8 Å². The molecule has 1 fully saturated rings. The van der Waals surface area contributed by atoms with Gasteiger partial charge in [0.1, 0.15) is 11.8 Å². The van der Waals surface area contributed by atoms with Crippen LogP contribution in [0.2, 0.25) is 0 Å². The predicted molar refractivity (Wildman–Crippen MR) is 108 cm³/mol. The number of hydrazine groups is 1. The molecule has 1 aromatic carbocycles. The normalized spacial score (nSPS) is 20.8. The summed E-state index contributed by atoms with van der Waals surface area (Å²) in [5.74, 6) is 0.616. The van der Waals surface area contributed by atoms with Crippen molar-refractivity contribution in [3.05, 3.63) is 71.4 Å². The van der Waals surface area contributed by atoms with Crippen LogP contribution in [0.3, 0.4) is 0 Å². The summed E-state index contributed by atoms with van der Waals surface area (Å²) in [6.45, 7) is 4.91. The highest BCUT2D eigenvalue weighted by Crippen LogP contribution is 2.31. The van der Waals surface area contributed by atoms with Gasteiger partial charge in [0.05, 0.1) is 18.8 Å². The number of rotatable bonds is 6. The highest BCUT2D eigenvalue weighted by atomic mass is 16.3. The molecule has 2 atom stereocenters. The lowest BCUT2D eigenvalue weighted by Gasteiger charge is -2.31. The summed E-state index contributed by atoms with van der Waals surface area (Å²) < 4.78 is 5.20. The quantitative estimate of drug-likeness (QED) is 0.787. The average Bonchev–Trinajstić information content (AvgIpc) is 3.38. The fourth-order valence-electron chi connectivity index (χ4n) is 3.73. The van der Waals surface area contributed by atoms with Crippen LogP contribution in [0, 0.1) is 13.8 Å². The van der Waals surface area contributed by atoms with Crippen LogP contribution in [-0.4, -0.2) is 34.3 Å². The van der Waals surface area contributed by atoms with Crippen molar-refractivity contribution in [3.63, 3.8) is 0 Å². The molecule has 29 heavy (non-hydrogen) atoms. The third-order valence-electron chi connectivity index (χ3n) is 5.63. The molecule has 0 bridgehead atoms. The third kappa shape index (κ3) is 4.19. The highest BCUT2D eigenvalue weighted by Gasteiger charge is 2.39. The van der Waals surface area contributed by atoms with Crippen molar-refractivity contribution in [3.8, 4) is 0 Å². The monoisotopic (exact) mass is 394 g/mol. The van der Waals surface area contributed by atoms with Gasteiger partial charge in [0, 0.05) is 25.4 Å². The third-order valence-corrected chi connectivity index (χ3v) is 5.63. The first-order valence-corrected chi connectivity index (χ1v) is 9.91. The highest BCUT2D eigenvalue weighted by molar-refractivity contribution is 5.85. The van der Waals surface area contributed by atoms with Gasteiger partial charge in [-0.1, -0.05) is 18.2 Å². The number of hydrogen-bond donors (Lipinski definition) is 2. The van der Waals surface area contributed by atoms with Crippen LogP contribution in [0.1, 0.15) is 41.3 Å². The number of carbonyl (C=O) groups excluding carboxylic acids is 2. The number of fused-ring (bicyclic) bond motifs is 1. The van der Waals surface area contributed by atoms with E-state index in [1.54, 1.807) is 23.4 Å². The maximum absolute atomic E-state index is 12.9. The minimum Gasteiger partial charge on any atom is -0.467 e. The first-order valence-electron chi connectivity index (χ1n) is 9.91. The van der Waals surface area contributed by atoms with E-state index >= 15 is 0 Å². The minimum absolute atomic E-state index is 0.0187. The molecule has 7 nitrogen and oxygen atoms in total. The van der Waals surface area contributed by atoms with Crippen LogP contribution in [0.15, 0.2) is 53.4 Å². The second-order valence-electron chi connectivity index (χ2n) is 7.62. The number of carbonyl (C=O) groups is 2. The smallest absolute Gasteiger partial charge is 0.250 e. The molecule has 2 aliphatic heterocycles. The van der Waals surface area contributed by atoms with Gasteiger partial charge in [-0.2, -0.15) is 0 Å². The van der Waals surface area contributed by atoms with Crippen molar-refractivity contribution in [2.24, 2.45) is 0 Å². The average molecular weight is 394 g/mol. The molecular formula is C22H26N4O3. The molecule has 0 radical (unpaired) electrons. The Morgan fingerprint density at radius 2 is 2.10 bits per heavy atom. The molecule has 1 aromatic heterocycles. The van der Waals surface area contributed by atoms with Gasteiger partial charge in [0.15, 0.2) is 0 Å². The van der Waals surface area contributed by atoms with Crippen LogP contribution in [0.5, 0.6) is 0 Å². The molecule has 0 spiro atoms. The van der Waals surface area contributed by atoms with E-state index in [4.69, 9.17) is 4.42 Å². The topological polar surface area (TPSA) is 77.8 Å². The van der Waals surface area contributed by atoms with Gasteiger partial charge in [0.2, 0.25) is 5.91 Å². The van der Waals surface area contributed by atoms with E-state index in [0.29, 0.717) is 25.3 Å². The van der Waals surface area contributed by atoms with Crippen molar-refractivity contribution in [2.45, 2.75) is 45.3 Å². The second-order valence-corrected chi connectivity index (χ2v) is 7.62. The van der Waals surface area contributed by atoms with E-state index < -0.39 is 0 Å².